The van der Waals surface area contributed by atoms with Gasteiger partial charge in [-0.3, -0.25) is 4.79 Å². The lowest BCUT2D eigenvalue weighted by Gasteiger charge is -2.05. The van der Waals surface area contributed by atoms with Crippen LogP contribution in [0.1, 0.15) is 47.8 Å². The Morgan fingerprint density at radius 2 is 1.88 bits per heavy atom. The normalized spacial score (nSPS) is 14.5. The molecule has 1 amide bonds. The van der Waals surface area contributed by atoms with E-state index in [0.717, 1.165) is 18.4 Å². The molecule has 6 nitrogen and oxygen atoms in total. The molecule has 4 rings (SSSR count). The highest BCUT2D eigenvalue weighted by atomic mass is 35.5. The van der Waals surface area contributed by atoms with Crippen molar-refractivity contribution in [2.75, 3.05) is 5.32 Å². The molecule has 3 aromatic rings. The second kappa shape index (κ2) is 7.25. The van der Waals surface area contributed by atoms with Crippen molar-refractivity contribution in [1.29, 1.82) is 0 Å². The Hall–Kier alpha value is -2.73. The maximum Gasteiger partial charge on any atom is 0.256 e. The van der Waals surface area contributed by atoms with Crippen molar-refractivity contribution in [3.05, 3.63) is 59.1 Å². The van der Waals surface area contributed by atoms with E-state index in [1.807, 2.05) is 12.1 Å². The monoisotopic (exact) mass is 368 g/mol. The minimum Gasteiger partial charge on any atom is -0.339 e. The van der Waals surface area contributed by atoms with Crippen molar-refractivity contribution < 1.29 is 9.32 Å². The Bertz CT molecular complexity index is 900. The molecule has 132 valence electrons. The van der Waals surface area contributed by atoms with Crippen LogP contribution in [0.3, 0.4) is 0 Å². The minimum atomic E-state index is -0.244. The number of pyridine rings is 1. The molecule has 0 unspecified atom stereocenters. The van der Waals surface area contributed by atoms with Crippen molar-refractivity contribution in [3.8, 4) is 11.4 Å². The van der Waals surface area contributed by atoms with Gasteiger partial charge in [0.05, 0.1) is 5.02 Å². The van der Waals surface area contributed by atoms with Crippen LogP contribution in [-0.2, 0) is 0 Å². The molecule has 0 saturated heterocycles. The summed E-state index contributed by atoms with van der Waals surface area (Å²) in [7, 11) is 0. The van der Waals surface area contributed by atoms with Crippen molar-refractivity contribution in [2.45, 2.75) is 31.6 Å². The summed E-state index contributed by atoms with van der Waals surface area (Å²) in [6.45, 7) is 0. The van der Waals surface area contributed by atoms with Gasteiger partial charge in [0, 0.05) is 23.2 Å². The summed E-state index contributed by atoms with van der Waals surface area (Å²) in [5, 5.41) is 7.32. The van der Waals surface area contributed by atoms with E-state index in [1.165, 1.54) is 19.0 Å². The summed E-state index contributed by atoms with van der Waals surface area (Å²) < 4.78 is 5.41. The Morgan fingerprint density at radius 3 is 2.58 bits per heavy atom. The largest absolute Gasteiger partial charge is 0.339 e. The number of carbonyl (C=O) groups is 1. The third kappa shape index (κ3) is 3.60. The zero-order valence-corrected chi connectivity index (χ0v) is 14.7. The summed E-state index contributed by atoms with van der Waals surface area (Å²) in [6.07, 6.45) is 6.14. The maximum atomic E-state index is 12.3. The van der Waals surface area contributed by atoms with Gasteiger partial charge in [-0.2, -0.15) is 4.98 Å². The van der Waals surface area contributed by atoms with Crippen molar-refractivity contribution in [2.24, 2.45) is 0 Å². The summed E-state index contributed by atoms with van der Waals surface area (Å²) in [6, 6.07) is 10.4. The Kier molecular flexibility index (Phi) is 4.67. The van der Waals surface area contributed by atoms with Gasteiger partial charge >= 0.3 is 0 Å². The lowest BCUT2D eigenvalue weighted by molar-refractivity contribution is 0.102. The molecule has 26 heavy (non-hydrogen) atoms. The molecule has 2 aromatic heterocycles. The number of halogens is 1. The van der Waals surface area contributed by atoms with E-state index in [0.29, 0.717) is 34.0 Å². The number of benzene rings is 1. The van der Waals surface area contributed by atoms with Gasteiger partial charge in [-0.1, -0.05) is 41.7 Å². The highest BCUT2D eigenvalue weighted by Gasteiger charge is 2.23. The number of nitrogens with zero attached hydrogens (tertiary/aromatic N) is 3. The number of carbonyl (C=O) groups excluding carboxylic acids is 1. The van der Waals surface area contributed by atoms with Crippen molar-refractivity contribution in [1.82, 2.24) is 15.1 Å². The average molecular weight is 369 g/mol. The summed E-state index contributed by atoms with van der Waals surface area (Å²) in [5.41, 5.74) is 1.34. The first-order valence-corrected chi connectivity index (χ1v) is 8.94. The van der Waals surface area contributed by atoms with Crippen LogP contribution in [0, 0.1) is 0 Å². The lowest BCUT2D eigenvalue weighted by atomic mass is 10.1. The number of nitrogens with one attached hydrogen (secondary N) is 1. The van der Waals surface area contributed by atoms with Gasteiger partial charge in [-0.25, -0.2) is 4.98 Å². The first kappa shape index (κ1) is 16.7. The zero-order chi connectivity index (χ0) is 17.9. The van der Waals surface area contributed by atoms with Crippen LogP contribution in [0.2, 0.25) is 5.02 Å². The molecular weight excluding hydrogens is 352 g/mol. The van der Waals surface area contributed by atoms with Crippen LogP contribution < -0.4 is 5.32 Å². The van der Waals surface area contributed by atoms with Crippen LogP contribution in [0.15, 0.2) is 47.1 Å². The summed E-state index contributed by atoms with van der Waals surface area (Å²) >= 11 is 5.79. The number of anilines is 1. The highest BCUT2D eigenvalue weighted by Crippen LogP contribution is 2.33. The van der Waals surface area contributed by atoms with Gasteiger partial charge in [-0.15, -0.1) is 0 Å². The molecule has 7 heteroatoms. The number of hydrogen-bond acceptors (Lipinski definition) is 5. The number of hydrogen-bond donors (Lipinski definition) is 1. The van der Waals surface area contributed by atoms with E-state index in [4.69, 9.17) is 16.1 Å². The van der Waals surface area contributed by atoms with E-state index in [2.05, 4.69) is 20.4 Å². The predicted octanol–water partition coefficient (Wildman–Crippen LogP) is 4.69. The van der Waals surface area contributed by atoms with Crippen LogP contribution in [0.25, 0.3) is 11.4 Å². The molecule has 1 saturated carbocycles. The molecule has 1 fully saturated rings. The molecule has 0 aliphatic heterocycles. The van der Waals surface area contributed by atoms with E-state index < -0.39 is 0 Å². The van der Waals surface area contributed by atoms with E-state index in [9.17, 15) is 4.79 Å². The number of amides is 1. The van der Waals surface area contributed by atoms with Crippen molar-refractivity contribution >= 4 is 23.3 Å². The van der Waals surface area contributed by atoms with Gasteiger partial charge in [-0.05, 0) is 37.1 Å². The van der Waals surface area contributed by atoms with Crippen LogP contribution >= 0.6 is 11.6 Å². The Labute approximate surface area is 155 Å². The number of rotatable bonds is 4. The number of aromatic nitrogens is 3. The molecule has 1 N–H and O–H groups in total. The standard InChI is InChI=1S/C19H17ClN4O2/c20-15-9-10-16(21-11-15)22-18(25)13-7-5-12(6-8-13)17-23-19(26-24-17)14-3-1-2-4-14/h5-11,14H,1-4H2,(H,21,22,25). The van der Waals surface area contributed by atoms with E-state index in [-0.39, 0.29) is 5.91 Å². The van der Waals surface area contributed by atoms with Crippen LogP contribution in [0.4, 0.5) is 5.82 Å². The fourth-order valence-electron chi connectivity index (χ4n) is 3.10. The van der Waals surface area contributed by atoms with Gasteiger partial charge in [0.1, 0.15) is 5.82 Å². The van der Waals surface area contributed by atoms with Gasteiger partial charge in [0.15, 0.2) is 0 Å². The molecular formula is C19H17ClN4O2. The fraction of sp³-hybridized carbons (Fsp3) is 0.263. The highest BCUT2D eigenvalue weighted by molar-refractivity contribution is 6.30. The topological polar surface area (TPSA) is 80.9 Å². The molecule has 1 aromatic carbocycles. The second-order valence-corrected chi connectivity index (χ2v) is 6.77. The van der Waals surface area contributed by atoms with Gasteiger partial charge in [0.25, 0.3) is 5.91 Å². The second-order valence-electron chi connectivity index (χ2n) is 6.33. The SMILES string of the molecule is O=C(Nc1ccc(Cl)cn1)c1ccc(-c2noc(C3CCCC3)n2)cc1. The molecule has 1 aliphatic carbocycles. The van der Waals surface area contributed by atoms with Crippen LogP contribution in [0.5, 0.6) is 0 Å². The molecule has 1 aliphatic rings. The fourth-order valence-corrected chi connectivity index (χ4v) is 3.21. The Balaban J connectivity index is 1.46. The van der Waals surface area contributed by atoms with E-state index in [1.54, 1.807) is 24.3 Å². The molecule has 0 atom stereocenters. The quantitative estimate of drug-likeness (QED) is 0.722. The molecule has 2 heterocycles. The lowest BCUT2D eigenvalue weighted by Crippen LogP contribution is -2.12. The molecule has 0 spiro atoms. The summed E-state index contributed by atoms with van der Waals surface area (Å²) in [5.74, 6) is 1.86. The summed E-state index contributed by atoms with van der Waals surface area (Å²) in [4.78, 5) is 20.9. The minimum absolute atomic E-state index is 0.244. The van der Waals surface area contributed by atoms with Gasteiger partial charge in [0.2, 0.25) is 11.7 Å². The smallest absolute Gasteiger partial charge is 0.256 e. The third-order valence-corrected chi connectivity index (χ3v) is 4.74. The first-order valence-electron chi connectivity index (χ1n) is 8.56. The first-order chi connectivity index (χ1) is 12.7. The predicted molar refractivity (Wildman–Crippen MR) is 98.1 cm³/mol. The van der Waals surface area contributed by atoms with Crippen molar-refractivity contribution in [3.63, 3.8) is 0 Å². The molecule has 0 bridgehead atoms. The third-order valence-electron chi connectivity index (χ3n) is 4.52. The van der Waals surface area contributed by atoms with Crippen LogP contribution in [-0.4, -0.2) is 21.0 Å². The zero-order valence-electron chi connectivity index (χ0n) is 14.0. The Morgan fingerprint density at radius 1 is 1.12 bits per heavy atom. The molecule has 0 radical (unpaired) electrons. The van der Waals surface area contributed by atoms with E-state index >= 15 is 0 Å². The maximum absolute atomic E-state index is 12.3. The van der Waals surface area contributed by atoms with Gasteiger partial charge < -0.3 is 9.84 Å². The average Bonchev–Trinajstić information content (AvgIpc) is 3.35.